The summed E-state index contributed by atoms with van der Waals surface area (Å²) < 4.78 is 2.23. The largest absolute Gasteiger partial charge is 0.314 e. The normalized spacial score (nSPS) is 23.0. The number of hydrogen-bond donors (Lipinski definition) is 2. The van der Waals surface area contributed by atoms with Crippen molar-refractivity contribution < 1.29 is 0 Å². The van der Waals surface area contributed by atoms with E-state index in [-0.39, 0.29) is 0 Å². The van der Waals surface area contributed by atoms with Crippen LogP contribution in [0.4, 0.5) is 0 Å². The van der Waals surface area contributed by atoms with Crippen LogP contribution in [0, 0.1) is 17.8 Å². The van der Waals surface area contributed by atoms with Crippen LogP contribution in [0.15, 0.2) is 6.20 Å². The molecule has 3 nitrogen and oxygen atoms in total. The lowest BCUT2D eigenvalue weighted by molar-refractivity contribution is 0.222. The zero-order valence-corrected chi connectivity index (χ0v) is 14.3. The summed E-state index contributed by atoms with van der Waals surface area (Å²) in [5.74, 6) is 2.92. The van der Waals surface area contributed by atoms with E-state index in [1.807, 2.05) is 7.05 Å². The maximum atomic E-state index is 3.38. The molecule has 0 saturated heterocycles. The molecular formula is C18H35N3. The van der Waals surface area contributed by atoms with Gasteiger partial charge in [-0.2, -0.15) is 0 Å². The molecule has 1 saturated carbocycles. The smallest absolute Gasteiger partial charge is 0.0631 e. The van der Waals surface area contributed by atoms with Crippen LogP contribution in [0.1, 0.15) is 70.9 Å². The predicted octanol–water partition coefficient (Wildman–Crippen LogP) is 4.56. The number of nitrogens with zero attached hydrogens (tertiary/aromatic N) is 1. The number of aromatic nitrogens is 2. The van der Waals surface area contributed by atoms with Gasteiger partial charge in [-0.3, -0.25) is 4.68 Å². The second-order valence-electron chi connectivity index (χ2n) is 7.51. The maximum Gasteiger partial charge on any atom is 0.0631 e. The first-order chi connectivity index (χ1) is 10.2. The first kappa shape index (κ1) is 16.7. The van der Waals surface area contributed by atoms with Crippen molar-refractivity contribution in [2.45, 2.75) is 78.3 Å². The quantitative estimate of drug-likeness (QED) is 0.643. The van der Waals surface area contributed by atoms with Crippen molar-refractivity contribution in [3.63, 3.8) is 0 Å². The second kappa shape index (κ2) is 8.67. The fourth-order valence-electron chi connectivity index (χ4n) is 4.02. The van der Waals surface area contributed by atoms with Gasteiger partial charge in [-0.25, -0.2) is 0 Å². The molecule has 0 aliphatic heterocycles. The molecule has 0 bridgehead atoms. The molecule has 1 aliphatic rings. The maximum absolute atomic E-state index is 3.38. The summed E-state index contributed by atoms with van der Waals surface area (Å²) in [6.45, 7) is 6.87. The molecule has 1 fully saturated rings. The molecule has 0 amide bonds. The van der Waals surface area contributed by atoms with Crippen molar-refractivity contribution in [1.29, 1.82) is 0 Å². The molecule has 2 unspecified atom stereocenters. The van der Waals surface area contributed by atoms with Gasteiger partial charge >= 0.3 is 0 Å². The van der Waals surface area contributed by atoms with Gasteiger partial charge in [-0.05, 0) is 44.1 Å². The van der Waals surface area contributed by atoms with Gasteiger partial charge < -0.3 is 10.4 Å². The van der Waals surface area contributed by atoms with E-state index in [9.17, 15) is 0 Å². The standard InChI is InChI=1S/C18H35N3/c1-15(2)11-17-9-6-8-16(12-17)7-4-5-10-21-14-18(20-21)13-19-3/h14-17,19-20H,4-13H2,1-3H3. The van der Waals surface area contributed by atoms with Crippen LogP contribution in [0.25, 0.3) is 0 Å². The van der Waals surface area contributed by atoms with Crippen molar-refractivity contribution in [2.24, 2.45) is 17.8 Å². The van der Waals surface area contributed by atoms with Crippen LogP contribution < -0.4 is 5.32 Å². The fourth-order valence-corrected chi connectivity index (χ4v) is 4.02. The summed E-state index contributed by atoms with van der Waals surface area (Å²) in [4.78, 5) is 0. The van der Waals surface area contributed by atoms with Gasteiger partial charge in [0.05, 0.1) is 5.69 Å². The van der Waals surface area contributed by atoms with Gasteiger partial charge in [-0.15, -0.1) is 0 Å². The molecule has 21 heavy (non-hydrogen) atoms. The summed E-state index contributed by atoms with van der Waals surface area (Å²) in [6.07, 6.45) is 13.8. The monoisotopic (exact) mass is 293 g/mol. The van der Waals surface area contributed by atoms with Crippen molar-refractivity contribution in [3.8, 4) is 0 Å². The molecule has 1 aliphatic carbocycles. The van der Waals surface area contributed by atoms with Crippen LogP contribution in [-0.2, 0) is 13.1 Å². The van der Waals surface area contributed by atoms with Crippen molar-refractivity contribution >= 4 is 0 Å². The summed E-state index contributed by atoms with van der Waals surface area (Å²) >= 11 is 0. The molecule has 1 heterocycles. The van der Waals surface area contributed by atoms with E-state index < -0.39 is 0 Å². The lowest BCUT2D eigenvalue weighted by Crippen LogP contribution is -2.19. The Morgan fingerprint density at radius 3 is 2.76 bits per heavy atom. The zero-order valence-electron chi connectivity index (χ0n) is 14.3. The molecule has 0 aromatic carbocycles. The summed E-state index contributed by atoms with van der Waals surface area (Å²) in [5.41, 5.74) is 1.31. The Hall–Kier alpha value is -0.700. The Labute approximate surface area is 130 Å². The number of H-pyrrole nitrogens is 1. The minimum atomic E-state index is 0.879. The van der Waals surface area contributed by atoms with Crippen molar-refractivity contribution in [3.05, 3.63) is 11.9 Å². The van der Waals surface area contributed by atoms with E-state index in [0.29, 0.717) is 0 Å². The zero-order chi connectivity index (χ0) is 15.1. The Kier molecular flexibility index (Phi) is 6.88. The van der Waals surface area contributed by atoms with Crippen LogP contribution in [0.2, 0.25) is 0 Å². The van der Waals surface area contributed by atoms with Gasteiger partial charge in [0.1, 0.15) is 0 Å². The number of rotatable bonds is 9. The van der Waals surface area contributed by atoms with Gasteiger partial charge in [0, 0.05) is 19.3 Å². The SMILES string of the molecule is CNCc1cn(CCCCC2CCCC(CC(C)C)C2)[nH]1. The third-order valence-electron chi connectivity index (χ3n) is 4.92. The van der Waals surface area contributed by atoms with Crippen LogP contribution in [0.3, 0.4) is 0 Å². The molecule has 1 aromatic heterocycles. The van der Waals surface area contributed by atoms with Gasteiger partial charge in [0.15, 0.2) is 0 Å². The summed E-state index contributed by atoms with van der Waals surface area (Å²) in [7, 11) is 1.99. The lowest BCUT2D eigenvalue weighted by atomic mass is 9.76. The Bertz CT molecular complexity index is 365. The average Bonchev–Trinajstić information content (AvgIpc) is 2.40. The molecule has 122 valence electrons. The number of aromatic amines is 1. The first-order valence-corrected chi connectivity index (χ1v) is 9.06. The van der Waals surface area contributed by atoms with Crippen molar-refractivity contribution in [1.82, 2.24) is 15.1 Å². The second-order valence-corrected chi connectivity index (χ2v) is 7.51. The van der Waals surface area contributed by atoms with Crippen LogP contribution in [-0.4, -0.2) is 16.8 Å². The van der Waals surface area contributed by atoms with Crippen LogP contribution in [0.5, 0.6) is 0 Å². The number of unbranched alkanes of at least 4 members (excludes halogenated alkanes) is 1. The minimum Gasteiger partial charge on any atom is -0.314 e. The fraction of sp³-hybridized carbons (Fsp3) is 0.889. The van der Waals surface area contributed by atoms with Gasteiger partial charge in [0.25, 0.3) is 0 Å². The van der Waals surface area contributed by atoms with E-state index >= 15 is 0 Å². The molecule has 3 heteroatoms. The number of nitrogens with one attached hydrogen (secondary N) is 2. The molecule has 2 rings (SSSR count). The Morgan fingerprint density at radius 2 is 2.05 bits per heavy atom. The van der Waals surface area contributed by atoms with Gasteiger partial charge in [0.2, 0.25) is 0 Å². The highest BCUT2D eigenvalue weighted by Gasteiger charge is 2.22. The van der Waals surface area contributed by atoms with E-state index in [1.165, 1.54) is 57.1 Å². The molecule has 0 spiro atoms. The third kappa shape index (κ3) is 5.90. The molecule has 0 radical (unpaired) electrons. The Balaban J connectivity index is 1.55. The highest BCUT2D eigenvalue weighted by atomic mass is 15.3. The van der Waals surface area contributed by atoms with Gasteiger partial charge in [-0.1, -0.05) is 46.0 Å². The third-order valence-corrected chi connectivity index (χ3v) is 4.92. The summed E-state index contributed by atoms with van der Waals surface area (Å²) in [5, 5.41) is 6.54. The number of hydrogen-bond acceptors (Lipinski definition) is 1. The van der Waals surface area contributed by atoms with E-state index in [4.69, 9.17) is 0 Å². The highest BCUT2D eigenvalue weighted by molar-refractivity contribution is 4.95. The summed E-state index contributed by atoms with van der Waals surface area (Å²) in [6, 6.07) is 0. The van der Waals surface area contributed by atoms with Crippen LogP contribution >= 0.6 is 0 Å². The molecule has 1 aromatic rings. The predicted molar refractivity (Wildman–Crippen MR) is 90.3 cm³/mol. The first-order valence-electron chi connectivity index (χ1n) is 9.06. The minimum absolute atomic E-state index is 0.879. The molecule has 2 atom stereocenters. The average molecular weight is 293 g/mol. The van der Waals surface area contributed by atoms with E-state index in [0.717, 1.165) is 30.8 Å². The van der Waals surface area contributed by atoms with Crippen molar-refractivity contribution in [2.75, 3.05) is 7.05 Å². The lowest BCUT2D eigenvalue weighted by Gasteiger charge is -2.30. The topological polar surface area (TPSA) is 32.8 Å². The molecular weight excluding hydrogens is 258 g/mol. The Morgan fingerprint density at radius 1 is 1.29 bits per heavy atom. The molecule has 2 N–H and O–H groups in total. The van der Waals surface area contributed by atoms with E-state index in [1.54, 1.807) is 0 Å². The number of aryl methyl sites for hydroxylation is 1. The van der Waals surface area contributed by atoms with E-state index in [2.05, 4.69) is 35.1 Å². The highest BCUT2D eigenvalue weighted by Crippen LogP contribution is 2.35.